The Labute approximate surface area is 172 Å². The predicted molar refractivity (Wildman–Crippen MR) is 116 cm³/mol. The second-order valence-electron chi connectivity index (χ2n) is 6.93. The third-order valence-electron chi connectivity index (χ3n) is 4.84. The summed E-state index contributed by atoms with van der Waals surface area (Å²) >= 11 is 8.03. The van der Waals surface area contributed by atoms with E-state index in [1.54, 1.807) is 17.4 Å². The molecule has 4 aromatic rings. The second-order valence-corrected chi connectivity index (χ2v) is 8.31. The van der Waals surface area contributed by atoms with Gasteiger partial charge in [0.1, 0.15) is 5.58 Å². The van der Waals surface area contributed by atoms with Crippen molar-refractivity contribution in [1.82, 2.24) is 5.32 Å². The molecule has 0 aliphatic heterocycles. The van der Waals surface area contributed by atoms with Crippen molar-refractivity contribution in [2.45, 2.75) is 26.4 Å². The van der Waals surface area contributed by atoms with Gasteiger partial charge in [-0.25, -0.2) is 4.79 Å². The van der Waals surface area contributed by atoms with E-state index in [9.17, 15) is 4.79 Å². The second kappa shape index (κ2) is 7.92. The van der Waals surface area contributed by atoms with Crippen LogP contribution >= 0.6 is 22.9 Å². The van der Waals surface area contributed by atoms with Gasteiger partial charge in [-0.1, -0.05) is 47.5 Å². The van der Waals surface area contributed by atoms with Gasteiger partial charge in [0.05, 0.1) is 6.04 Å². The normalized spacial score (nSPS) is 12.4. The highest BCUT2D eigenvalue weighted by Crippen LogP contribution is 2.29. The molecule has 0 aliphatic carbocycles. The minimum Gasteiger partial charge on any atom is -0.423 e. The summed E-state index contributed by atoms with van der Waals surface area (Å²) in [5.41, 5.74) is 4.39. The first-order chi connectivity index (χ1) is 13.5. The summed E-state index contributed by atoms with van der Waals surface area (Å²) in [6.45, 7) is 4.51. The van der Waals surface area contributed by atoms with Gasteiger partial charge in [0, 0.05) is 27.9 Å². The van der Waals surface area contributed by atoms with Crippen LogP contribution in [-0.4, -0.2) is 0 Å². The number of halogens is 1. The van der Waals surface area contributed by atoms with Crippen LogP contribution in [0.5, 0.6) is 0 Å². The topological polar surface area (TPSA) is 42.2 Å². The molecule has 0 bridgehead atoms. The first-order valence-electron chi connectivity index (χ1n) is 9.07. The Hall–Kier alpha value is -2.40. The minimum absolute atomic E-state index is 0.0452. The maximum absolute atomic E-state index is 12.1. The molecule has 1 N–H and O–H groups in total. The molecule has 5 heteroatoms. The van der Waals surface area contributed by atoms with Crippen LogP contribution in [0.25, 0.3) is 11.0 Å². The Morgan fingerprint density at radius 3 is 2.61 bits per heavy atom. The number of benzene rings is 2. The standard InChI is InChI=1S/C23H20ClNO2S/c1-14-5-7-16(8-6-14)23(21-4-3-9-28-21)25-13-17-11-22(26)27-20-10-15(2)19(24)12-18(17)20/h3-12,23,25H,13H2,1-2H3/t23-/m1/s1. The molecule has 142 valence electrons. The largest absolute Gasteiger partial charge is 0.423 e. The fourth-order valence-electron chi connectivity index (χ4n) is 3.30. The van der Waals surface area contributed by atoms with Gasteiger partial charge < -0.3 is 9.73 Å². The SMILES string of the molecule is Cc1ccc([C@@H](NCc2cc(=O)oc3cc(C)c(Cl)cc23)c2cccs2)cc1. The summed E-state index contributed by atoms with van der Waals surface area (Å²) in [6, 6.07) is 18.0. The molecule has 0 saturated heterocycles. The van der Waals surface area contributed by atoms with Crippen LogP contribution in [0.3, 0.4) is 0 Å². The van der Waals surface area contributed by atoms with Gasteiger partial charge in [-0.3, -0.25) is 0 Å². The smallest absolute Gasteiger partial charge is 0.336 e. The van der Waals surface area contributed by atoms with Crippen molar-refractivity contribution in [3.63, 3.8) is 0 Å². The Morgan fingerprint density at radius 1 is 1.11 bits per heavy atom. The van der Waals surface area contributed by atoms with Gasteiger partial charge in [0.25, 0.3) is 0 Å². The number of thiophene rings is 1. The summed E-state index contributed by atoms with van der Waals surface area (Å²) in [5, 5.41) is 7.21. The highest BCUT2D eigenvalue weighted by atomic mass is 35.5. The molecule has 2 aromatic heterocycles. The summed E-state index contributed by atoms with van der Waals surface area (Å²) in [4.78, 5) is 13.3. The Morgan fingerprint density at radius 2 is 1.89 bits per heavy atom. The van der Waals surface area contributed by atoms with E-state index in [0.29, 0.717) is 17.2 Å². The first-order valence-corrected chi connectivity index (χ1v) is 10.3. The van der Waals surface area contributed by atoms with Crippen molar-refractivity contribution in [2.24, 2.45) is 0 Å². The van der Waals surface area contributed by atoms with E-state index in [-0.39, 0.29) is 11.7 Å². The molecular formula is C23H20ClNO2S. The zero-order valence-corrected chi connectivity index (χ0v) is 17.2. The molecule has 2 aromatic carbocycles. The summed E-state index contributed by atoms with van der Waals surface area (Å²) in [6.07, 6.45) is 0. The lowest BCUT2D eigenvalue weighted by Gasteiger charge is -2.19. The van der Waals surface area contributed by atoms with E-state index >= 15 is 0 Å². The van der Waals surface area contributed by atoms with Crippen LogP contribution in [-0.2, 0) is 6.54 Å². The monoisotopic (exact) mass is 409 g/mol. The molecule has 3 nitrogen and oxygen atoms in total. The molecule has 0 aliphatic rings. The highest BCUT2D eigenvalue weighted by molar-refractivity contribution is 7.10. The van der Waals surface area contributed by atoms with Gasteiger partial charge in [0.15, 0.2) is 0 Å². The van der Waals surface area contributed by atoms with Gasteiger partial charge in [0.2, 0.25) is 0 Å². The fourth-order valence-corrected chi connectivity index (χ4v) is 4.29. The average Bonchev–Trinajstić information content (AvgIpc) is 3.19. The lowest BCUT2D eigenvalue weighted by Crippen LogP contribution is -2.22. The van der Waals surface area contributed by atoms with E-state index in [1.807, 2.05) is 19.1 Å². The molecule has 0 radical (unpaired) electrons. The molecule has 0 spiro atoms. The quantitative estimate of drug-likeness (QED) is 0.411. The number of aryl methyl sites for hydroxylation is 2. The van der Waals surface area contributed by atoms with Crippen LogP contribution in [0.2, 0.25) is 5.02 Å². The Balaban J connectivity index is 1.70. The van der Waals surface area contributed by atoms with Crippen molar-refractivity contribution in [3.8, 4) is 0 Å². The van der Waals surface area contributed by atoms with E-state index in [4.69, 9.17) is 16.0 Å². The van der Waals surface area contributed by atoms with Gasteiger partial charge in [-0.2, -0.15) is 0 Å². The molecule has 0 unspecified atom stereocenters. The van der Waals surface area contributed by atoms with E-state index in [1.165, 1.54) is 16.0 Å². The van der Waals surface area contributed by atoms with E-state index in [0.717, 1.165) is 16.5 Å². The lowest BCUT2D eigenvalue weighted by atomic mass is 10.0. The number of rotatable bonds is 5. The molecule has 1 atom stereocenters. The van der Waals surface area contributed by atoms with Crippen LogP contribution in [0.1, 0.15) is 33.2 Å². The zero-order valence-electron chi connectivity index (χ0n) is 15.7. The average molecular weight is 410 g/mol. The van der Waals surface area contributed by atoms with Crippen molar-refractivity contribution in [3.05, 3.63) is 103 Å². The van der Waals surface area contributed by atoms with Crippen molar-refractivity contribution < 1.29 is 4.42 Å². The Bertz CT molecular complexity index is 1160. The third-order valence-corrected chi connectivity index (χ3v) is 6.19. The lowest BCUT2D eigenvalue weighted by molar-refractivity contribution is 0.553. The predicted octanol–water partition coefficient (Wildman–Crippen LogP) is 6.00. The molecule has 4 rings (SSSR count). The summed E-state index contributed by atoms with van der Waals surface area (Å²) < 4.78 is 5.38. The van der Waals surface area contributed by atoms with Gasteiger partial charge in [-0.05, 0) is 54.1 Å². The van der Waals surface area contributed by atoms with Crippen LogP contribution in [0.15, 0.2) is 69.2 Å². The maximum atomic E-state index is 12.1. The summed E-state index contributed by atoms with van der Waals surface area (Å²) in [5.74, 6) is 0. The van der Waals surface area contributed by atoms with Crippen LogP contribution in [0, 0.1) is 13.8 Å². The number of fused-ring (bicyclic) bond motifs is 1. The maximum Gasteiger partial charge on any atom is 0.336 e. The molecule has 0 saturated carbocycles. The van der Waals surface area contributed by atoms with Crippen molar-refractivity contribution in [2.75, 3.05) is 0 Å². The molecule has 0 amide bonds. The van der Waals surface area contributed by atoms with Crippen LogP contribution in [0.4, 0.5) is 0 Å². The molecule has 2 heterocycles. The third kappa shape index (κ3) is 3.90. The van der Waals surface area contributed by atoms with Crippen molar-refractivity contribution in [1.29, 1.82) is 0 Å². The number of hydrogen-bond donors (Lipinski definition) is 1. The molecule has 28 heavy (non-hydrogen) atoms. The summed E-state index contributed by atoms with van der Waals surface area (Å²) in [7, 11) is 0. The minimum atomic E-state index is -0.353. The molecular weight excluding hydrogens is 390 g/mol. The Kier molecular flexibility index (Phi) is 5.36. The zero-order chi connectivity index (χ0) is 19.7. The highest BCUT2D eigenvalue weighted by Gasteiger charge is 2.16. The number of hydrogen-bond acceptors (Lipinski definition) is 4. The molecule has 0 fully saturated rings. The van der Waals surface area contributed by atoms with E-state index in [2.05, 4.69) is 54.0 Å². The van der Waals surface area contributed by atoms with Gasteiger partial charge >= 0.3 is 5.63 Å². The van der Waals surface area contributed by atoms with Crippen LogP contribution < -0.4 is 10.9 Å². The first kappa shape index (κ1) is 18.9. The van der Waals surface area contributed by atoms with Gasteiger partial charge in [-0.15, -0.1) is 11.3 Å². The van der Waals surface area contributed by atoms with E-state index < -0.39 is 0 Å². The number of nitrogens with one attached hydrogen (secondary N) is 1. The van der Waals surface area contributed by atoms with Crippen molar-refractivity contribution >= 4 is 33.9 Å². The fraction of sp³-hybridized carbons (Fsp3) is 0.174.